The van der Waals surface area contributed by atoms with Gasteiger partial charge in [-0.05, 0) is 27.2 Å². The minimum atomic E-state index is -0.705. The molecule has 5 heteroatoms. The van der Waals surface area contributed by atoms with E-state index in [0.717, 1.165) is 0 Å². The molecule has 0 radical (unpaired) electrons. The van der Waals surface area contributed by atoms with Crippen molar-refractivity contribution < 1.29 is 19.0 Å². The van der Waals surface area contributed by atoms with Gasteiger partial charge in [-0.1, -0.05) is 6.92 Å². The third-order valence-corrected chi connectivity index (χ3v) is 3.38. The summed E-state index contributed by atoms with van der Waals surface area (Å²) in [5.74, 6) is -1.000. The number of rotatable bonds is 4. The zero-order valence-corrected chi connectivity index (χ0v) is 12.0. The van der Waals surface area contributed by atoms with Crippen molar-refractivity contribution >= 4 is 5.97 Å². The van der Waals surface area contributed by atoms with Gasteiger partial charge < -0.3 is 19.9 Å². The number of hydrogen-bond donors (Lipinski definition) is 1. The first-order valence-corrected chi connectivity index (χ1v) is 6.47. The van der Waals surface area contributed by atoms with Crippen LogP contribution in [-0.2, 0) is 19.0 Å². The molecule has 1 heterocycles. The van der Waals surface area contributed by atoms with E-state index < -0.39 is 11.4 Å². The standard InChI is InChI=1S/C13H25NO4/c1-6-13(5,16-9(2)15)11-7-10(8-14)17-12(3,4)18-11/h10-11H,6-8,14H2,1-5H3/t10-,11-,13-/m1/s1. The Morgan fingerprint density at radius 1 is 1.50 bits per heavy atom. The summed E-state index contributed by atoms with van der Waals surface area (Å²) in [5.41, 5.74) is 5.05. The van der Waals surface area contributed by atoms with Gasteiger partial charge in [-0.2, -0.15) is 0 Å². The van der Waals surface area contributed by atoms with E-state index in [9.17, 15) is 4.79 Å². The summed E-state index contributed by atoms with van der Waals surface area (Å²) >= 11 is 0. The van der Waals surface area contributed by atoms with Gasteiger partial charge in [0.15, 0.2) is 5.79 Å². The Labute approximate surface area is 109 Å². The molecule has 0 saturated carbocycles. The first kappa shape index (κ1) is 15.4. The lowest BCUT2D eigenvalue weighted by atomic mass is 9.90. The third-order valence-electron chi connectivity index (χ3n) is 3.38. The lowest BCUT2D eigenvalue weighted by Gasteiger charge is -2.46. The van der Waals surface area contributed by atoms with Gasteiger partial charge in [-0.15, -0.1) is 0 Å². The highest BCUT2D eigenvalue weighted by Gasteiger charge is 2.45. The van der Waals surface area contributed by atoms with Crippen LogP contribution in [0, 0.1) is 0 Å². The second-order valence-corrected chi connectivity index (χ2v) is 5.48. The summed E-state index contributed by atoms with van der Waals surface area (Å²) in [4.78, 5) is 11.2. The largest absolute Gasteiger partial charge is 0.457 e. The number of ether oxygens (including phenoxy) is 3. The molecule has 0 spiro atoms. The maximum atomic E-state index is 11.2. The Kier molecular flexibility index (Phi) is 4.75. The quantitative estimate of drug-likeness (QED) is 0.776. The molecule has 1 rings (SSSR count). The van der Waals surface area contributed by atoms with E-state index in [4.69, 9.17) is 19.9 Å². The topological polar surface area (TPSA) is 70.8 Å². The van der Waals surface area contributed by atoms with Crippen LogP contribution in [0.1, 0.15) is 47.5 Å². The van der Waals surface area contributed by atoms with Crippen molar-refractivity contribution in [3.8, 4) is 0 Å². The predicted molar refractivity (Wildman–Crippen MR) is 68.0 cm³/mol. The molecule has 0 aromatic carbocycles. The highest BCUT2D eigenvalue weighted by atomic mass is 16.7. The van der Waals surface area contributed by atoms with E-state index in [2.05, 4.69) is 0 Å². The number of esters is 1. The smallest absolute Gasteiger partial charge is 0.303 e. The molecule has 106 valence electrons. The predicted octanol–water partition coefficient (Wildman–Crippen LogP) is 1.59. The second-order valence-electron chi connectivity index (χ2n) is 5.48. The molecule has 1 aliphatic heterocycles. The first-order valence-electron chi connectivity index (χ1n) is 6.47. The number of nitrogens with two attached hydrogens (primary N) is 1. The van der Waals surface area contributed by atoms with Crippen LogP contribution in [0.2, 0.25) is 0 Å². The van der Waals surface area contributed by atoms with Crippen LogP contribution in [0.3, 0.4) is 0 Å². The average Bonchev–Trinajstić information content (AvgIpc) is 2.25. The van der Waals surface area contributed by atoms with Gasteiger partial charge in [0.1, 0.15) is 11.7 Å². The SMILES string of the molecule is CC[C@@](C)(OC(C)=O)[C@H]1C[C@H](CN)OC(C)(C)O1. The van der Waals surface area contributed by atoms with Crippen LogP contribution in [0.4, 0.5) is 0 Å². The van der Waals surface area contributed by atoms with Crippen LogP contribution in [0.5, 0.6) is 0 Å². The Hall–Kier alpha value is -0.650. The fourth-order valence-electron chi connectivity index (χ4n) is 2.32. The molecular formula is C13H25NO4. The summed E-state index contributed by atoms with van der Waals surface area (Å²) < 4.78 is 17.1. The molecule has 2 N–H and O–H groups in total. The van der Waals surface area contributed by atoms with Crippen molar-refractivity contribution in [2.24, 2.45) is 5.73 Å². The monoisotopic (exact) mass is 259 g/mol. The molecule has 0 aromatic heterocycles. The molecule has 0 bridgehead atoms. The van der Waals surface area contributed by atoms with Crippen molar-refractivity contribution in [2.75, 3.05) is 6.54 Å². The molecule has 0 unspecified atom stereocenters. The molecule has 1 fully saturated rings. The van der Waals surface area contributed by atoms with E-state index in [1.54, 1.807) is 0 Å². The highest BCUT2D eigenvalue weighted by molar-refractivity contribution is 5.66. The van der Waals surface area contributed by atoms with E-state index in [1.807, 2.05) is 27.7 Å². The zero-order chi connectivity index (χ0) is 14.0. The van der Waals surface area contributed by atoms with Crippen LogP contribution >= 0.6 is 0 Å². The van der Waals surface area contributed by atoms with Crippen molar-refractivity contribution in [3.63, 3.8) is 0 Å². The summed E-state index contributed by atoms with van der Waals surface area (Å²) in [6, 6.07) is 0. The van der Waals surface area contributed by atoms with Crippen molar-refractivity contribution in [1.29, 1.82) is 0 Å². The minimum absolute atomic E-state index is 0.0693. The normalized spacial score (nSPS) is 30.6. The van der Waals surface area contributed by atoms with E-state index >= 15 is 0 Å². The van der Waals surface area contributed by atoms with Gasteiger partial charge in [0.25, 0.3) is 0 Å². The average molecular weight is 259 g/mol. The van der Waals surface area contributed by atoms with Crippen LogP contribution in [0.15, 0.2) is 0 Å². The molecular weight excluding hydrogens is 234 g/mol. The lowest BCUT2D eigenvalue weighted by molar-refractivity contribution is -0.324. The molecule has 0 aliphatic carbocycles. The van der Waals surface area contributed by atoms with Gasteiger partial charge in [0.05, 0.1) is 6.10 Å². The van der Waals surface area contributed by atoms with E-state index in [0.29, 0.717) is 19.4 Å². The maximum Gasteiger partial charge on any atom is 0.303 e. The van der Waals surface area contributed by atoms with Gasteiger partial charge in [-0.25, -0.2) is 0 Å². The molecule has 1 aliphatic rings. The van der Waals surface area contributed by atoms with Gasteiger partial charge in [0.2, 0.25) is 0 Å². The highest BCUT2D eigenvalue weighted by Crippen LogP contribution is 2.35. The number of carbonyl (C=O) groups is 1. The molecule has 0 aromatic rings. The summed E-state index contributed by atoms with van der Waals surface area (Å²) in [5, 5.41) is 0. The fraction of sp³-hybridized carbons (Fsp3) is 0.923. The van der Waals surface area contributed by atoms with Gasteiger partial charge in [-0.3, -0.25) is 4.79 Å². The maximum absolute atomic E-state index is 11.2. The molecule has 18 heavy (non-hydrogen) atoms. The van der Waals surface area contributed by atoms with Crippen LogP contribution in [-0.4, -0.2) is 36.1 Å². The van der Waals surface area contributed by atoms with Gasteiger partial charge >= 0.3 is 5.97 Å². The molecule has 3 atom stereocenters. The third kappa shape index (κ3) is 3.67. The van der Waals surface area contributed by atoms with Crippen molar-refractivity contribution in [1.82, 2.24) is 0 Å². The van der Waals surface area contributed by atoms with Crippen molar-refractivity contribution in [2.45, 2.75) is 71.1 Å². The van der Waals surface area contributed by atoms with E-state index in [1.165, 1.54) is 6.92 Å². The summed E-state index contributed by atoms with van der Waals surface area (Å²) in [7, 11) is 0. The van der Waals surface area contributed by atoms with Crippen molar-refractivity contribution in [3.05, 3.63) is 0 Å². The number of carbonyl (C=O) groups excluding carboxylic acids is 1. The zero-order valence-electron chi connectivity index (χ0n) is 12.0. The van der Waals surface area contributed by atoms with E-state index in [-0.39, 0.29) is 18.2 Å². The molecule has 0 amide bonds. The Bertz CT molecular complexity index is 305. The summed E-state index contributed by atoms with van der Waals surface area (Å²) in [6.45, 7) is 9.43. The number of hydrogen-bond acceptors (Lipinski definition) is 5. The fourth-order valence-corrected chi connectivity index (χ4v) is 2.32. The first-order chi connectivity index (χ1) is 8.22. The minimum Gasteiger partial charge on any atom is -0.457 e. The lowest BCUT2D eigenvalue weighted by Crippen LogP contribution is -2.56. The van der Waals surface area contributed by atoms with Gasteiger partial charge in [0, 0.05) is 19.9 Å². The molecule has 1 saturated heterocycles. The summed E-state index contributed by atoms with van der Waals surface area (Å²) in [6.07, 6.45) is 1.05. The Balaban J connectivity index is 2.87. The van der Waals surface area contributed by atoms with Crippen LogP contribution in [0.25, 0.3) is 0 Å². The second kappa shape index (κ2) is 5.55. The molecule has 5 nitrogen and oxygen atoms in total. The Morgan fingerprint density at radius 3 is 2.56 bits per heavy atom. The van der Waals surface area contributed by atoms with Crippen LogP contribution < -0.4 is 5.73 Å². The Morgan fingerprint density at radius 2 is 2.11 bits per heavy atom.